The molecule has 5 heteroatoms. The fourth-order valence-electron chi connectivity index (χ4n) is 3.21. The molecule has 0 spiro atoms. The Morgan fingerprint density at radius 2 is 1.66 bits per heavy atom. The Balaban J connectivity index is 1.74. The Morgan fingerprint density at radius 3 is 2.45 bits per heavy atom. The zero-order chi connectivity index (χ0) is 20.2. The summed E-state index contributed by atoms with van der Waals surface area (Å²) in [5, 5.41) is 6.77. The van der Waals surface area contributed by atoms with E-state index in [4.69, 9.17) is 4.42 Å². The molecule has 0 radical (unpaired) electrons. The Morgan fingerprint density at radius 1 is 0.897 bits per heavy atom. The molecule has 0 aliphatic heterocycles. The number of anilines is 2. The number of fused-ring (bicyclic) bond motifs is 1. The molecule has 0 unspecified atom stereocenters. The fraction of sp³-hybridized carbons (Fsp3) is 0.0833. The number of aryl methyl sites for hydroxylation is 1. The number of hydrogen-bond acceptors (Lipinski definition) is 4. The van der Waals surface area contributed by atoms with Crippen molar-refractivity contribution in [1.82, 2.24) is 0 Å². The SMILES string of the molecule is Cc1cccc(C(=O)Nc2c(NCc3ccccc3)c3ccccc3oc2=O)c1. The second kappa shape index (κ2) is 8.02. The maximum atomic E-state index is 12.8. The summed E-state index contributed by atoms with van der Waals surface area (Å²) in [7, 11) is 0. The summed E-state index contributed by atoms with van der Waals surface area (Å²) >= 11 is 0. The molecule has 1 heterocycles. The number of rotatable bonds is 5. The van der Waals surface area contributed by atoms with Gasteiger partial charge in [-0.3, -0.25) is 4.79 Å². The lowest BCUT2D eigenvalue weighted by Gasteiger charge is -2.15. The molecule has 4 aromatic rings. The van der Waals surface area contributed by atoms with Gasteiger partial charge in [0.2, 0.25) is 0 Å². The molecular formula is C24H20N2O3. The van der Waals surface area contributed by atoms with Crippen LogP contribution in [0.2, 0.25) is 0 Å². The lowest BCUT2D eigenvalue weighted by Crippen LogP contribution is -2.20. The van der Waals surface area contributed by atoms with E-state index in [1.165, 1.54) is 0 Å². The minimum atomic E-state index is -0.597. The third-order valence-electron chi connectivity index (χ3n) is 4.64. The van der Waals surface area contributed by atoms with Crippen LogP contribution in [0.5, 0.6) is 0 Å². The minimum Gasteiger partial charge on any atom is -0.421 e. The first-order chi connectivity index (χ1) is 14.1. The van der Waals surface area contributed by atoms with Gasteiger partial charge in [0.15, 0.2) is 5.69 Å². The van der Waals surface area contributed by atoms with Crippen molar-refractivity contribution in [2.24, 2.45) is 0 Å². The van der Waals surface area contributed by atoms with Crippen molar-refractivity contribution >= 4 is 28.3 Å². The molecule has 0 bridgehead atoms. The van der Waals surface area contributed by atoms with E-state index in [-0.39, 0.29) is 11.6 Å². The average molecular weight is 384 g/mol. The van der Waals surface area contributed by atoms with Gasteiger partial charge in [0.05, 0.1) is 5.69 Å². The summed E-state index contributed by atoms with van der Waals surface area (Å²) in [6, 6.07) is 24.3. The summed E-state index contributed by atoms with van der Waals surface area (Å²) in [4.78, 5) is 25.4. The standard InChI is InChI=1S/C24H20N2O3/c1-16-8-7-11-18(14-16)23(27)26-22-21(25-15-17-9-3-2-4-10-17)19-12-5-6-13-20(19)29-24(22)28/h2-14,25H,15H2,1H3,(H,26,27). The van der Waals surface area contributed by atoms with Crippen LogP contribution in [-0.2, 0) is 6.54 Å². The van der Waals surface area contributed by atoms with Gasteiger partial charge in [-0.25, -0.2) is 4.79 Å². The summed E-state index contributed by atoms with van der Waals surface area (Å²) < 4.78 is 5.44. The van der Waals surface area contributed by atoms with Gasteiger partial charge in [0, 0.05) is 17.5 Å². The molecule has 4 rings (SSSR count). The maximum absolute atomic E-state index is 12.8. The van der Waals surface area contributed by atoms with Crippen LogP contribution in [-0.4, -0.2) is 5.91 Å². The second-order valence-corrected chi connectivity index (χ2v) is 6.80. The predicted octanol–water partition coefficient (Wildman–Crippen LogP) is 4.97. The number of para-hydroxylation sites is 1. The number of carbonyl (C=O) groups is 1. The monoisotopic (exact) mass is 384 g/mol. The third kappa shape index (κ3) is 4.04. The first kappa shape index (κ1) is 18.5. The van der Waals surface area contributed by atoms with E-state index in [2.05, 4.69) is 10.6 Å². The molecule has 0 aliphatic rings. The molecule has 1 aromatic heterocycles. The van der Waals surface area contributed by atoms with E-state index in [1.807, 2.05) is 61.5 Å². The van der Waals surface area contributed by atoms with Crippen LogP contribution in [0.4, 0.5) is 11.4 Å². The molecular weight excluding hydrogens is 364 g/mol. The normalized spacial score (nSPS) is 10.7. The maximum Gasteiger partial charge on any atom is 0.362 e. The second-order valence-electron chi connectivity index (χ2n) is 6.80. The van der Waals surface area contributed by atoms with Crippen LogP contribution < -0.4 is 16.3 Å². The van der Waals surface area contributed by atoms with E-state index in [0.717, 1.165) is 16.5 Å². The van der Waals surface area contributed by atoms with Crippen LogP contribution in [0.3, 0.4) is 0 Å². The highest BCUT2D eigenvalue weighted by Gasteiger charge is 2.18. The van der Waals surface area contributed by atoms with Crippen LogP contribution in [0, 0.1) is 6.92 Å². The summed E-state index contributed by atoms with van der Waals surface area (Å²) in [6.45, 7) is 2.41. The Labute approximate surface area is 168 Å². The van der Waals surface area contributed by atoms with Crippen molar-refractivity contribution in [1.29, 1.82) is 0 Å². The number of carbonyl (C=O) groups excluding carboxylic acids is 1. The summed E-state index contributed by atoms with van der Waals surface area (Å²) in [5.74, 6) is -0.362. The molecule has 5 nitrogen and oxygen atoms in total. The molecule has 29 heavy (non-hydrogen) atoms. The van der Waals surface area contributed by atoms with Gasteiger partial charge < -0.3 is 15.1 Å². The van der Waals surface area contributed by atoms with Crippen LogP contribution in [0.25, 0.3) is 11.0 Å². The summed E-state index contributed by atoms with van der Waals surface area (Å²) in [5.41, 5.74) is 3.01. The molecule has 0 aliphatic carbocycles. The number of nitrogens with one attached hydrogen (secondary N) is 2. The zero-order valence-corrected chi connectivity index (χ0v) is 15.9. The predicted molar refractivity (Wildman–Crippen MR) is 115 cm³/mol. The van der Waals surface area contributed by atoms with Gasteiger partial charge >= 0.3 is 5.63 Å². The van der Waals surface area contributed by atoms with Gasteiger partial charge in [0.25, 0.3) is 5.91 Å². The van der Waals surface area contributed by atoms with E-state index < -0.39 is 5.63 Å². The topological polar surface area (TPSA) is 71.3 Å². The van der Waals surface area contributed by atoms with Gasteiger partial charge in [-0.05, 0) is 36.8 Å². The molecule has 0 atom stereocenters. The Kier molecular flexibility index (Phi) is 5.12. The van der Waals surface area contributed by atoms with Crippen molar-refractivity contribution in [3.8, 4) is 0 Å². The first-order valence-corrected chi connectivity index (χ1v) is 9.33. The Hall–Kier alpha value is -3.86. The van der Waals surface area contributed by atoms with E-state index in [0.29, 0.717) is 23.4 Å². The first-order valence-electron chi connectivity index (χ1n) is 9.33. The average Bonchev–Trinajstić information content (AvgIpc) is 2.74. The van der Waals surface area contributed by atoms with E-state index >= 15 is 0 Å². The lowest BCUT2D eigenvalue weighted by atomic mass is 10.1. The van der Waals surface area contributed by atoms with Crippen molar-refractivity contribution in [2.75, 3.05) is 10.6 Å². The molecule has 0 saturated carbocycles. The smallest absolute Gasteiger partial charge is 0.362 e. The quantitative estimate of drug-likeness (QED) is 0.477. The molecule has 0 saturated heterocycles. The molecule has 3 aromatic carbocycles. The van der Waals surface area contributed by atoms with Gasteiger partial charge in [-0.1, -0.05) is 60.2 Å². The van der Waals surface area contributed by atoms with Crippen molar-refractivity contribution in [2.45, 2.75) is 13.5 Å². The highest BCUT2D eigenvalue weighted by atomic mass is 16.4. The van der Waals surface area contributed by atoms with Crippen LogP contribution in [0.15, 0.2) is 88.1 Å². The van der Waals surface area contributed by atoms with Crippen molar-refractivity contribution in [3.63, 3.8) is 0 Å². The highest BCUT2D eigenvalue weighted by molar-refractivity contribution is 6.08. The van der Waals surface area contributed by atoms with Crippen LogP contribution >= 0.6 is 0 Å². The molecule has 0 fully saturated rings. The lowest BCUT2D eigenvalue weighted by molar-refractivity contribution is 0.102. The number of hydrogen-bond donors (Lipinski definition) is 2. The minimum absolute atomic E-state index is 0.103. The van der Waals surface area contributed by atoms with Crippen molar-refractivity contribution in [3.05, 3.63) is 106 Å². The Bertz CT molecular complexity index is 1230. The molecule has 144 valence electrons. The molecule has 1 amide bonds. The van der Waals surface area contributed by atoms with Gasteiger partial charge in [-0.2, -0.15) is 0 Å². The zero-order valence-electron chi connectivity index (χ0n) is 15.9. The van der Waals surface area contributed by atoms with E-state index in [1.54, 1.807) is 24.3 Å². The highest BCUT2D eigenvalue weighted by Crippen LogP contribution is 2.29. The van der Waals surface area contributed by atoms with Crippen molar-refractivity contribution < 1.29 is 9.21 Å². The largest absolute Gasteiger partial charge is 0.421 e. The van der Waals surface area contributed by atoms with Gasteiger partial charge in [-0.15, -0.1) is 0 Å². The van der Waals surface area contributed by atoms with Gasteiger partial charge in [0.1, 0.15) is 5.58 Å². The number of amides is 1. The fourth-order valence-corrected chi connectivity index (χ4v) is 3.21. The van der Waals surface area contributed by atoms with E-state index in [9.17, 15) is 9.59 Å². The number of benzene rings is 3. The third-order valence-corrected chi connectivity index (χ3v) is 4.64. The molecule has 2 N–H and O–H groups in total. The summed E-state index contributed by atoms with van der Waals surface area (Å²) in [6.07, 6.45) is 0. The van der Waals surface area contributed by atoms with Crippen LogP contribution in [0.1, 0.15) is 21.5 Å².